The molecule has 2 unspecified atom stereocenters. The molecule has 2 aliphatic heterocycles. The van der Waals surface area contributed by atoms with Gasteiger partial charge in [-0.05, 0) is 55.8 Å². The van der Waals surface area contributed by atoms with E-state index in [4.69, 9.17) is 4.98 Å². The fourth-order valence-electron chi connectivity index (χ4n) is 5.61. The van der Waals surface area contributed by atoms with E-state index in [2.05, 4.69) is 57.0 Å². The van der Waals surface area contributed by atoms with Gasteiger partial charge >= 0.3 is 0 Å². The van der Waals surface area contributed by atoms with E-state index in [1.807, 2.05) is 41.3 Å². The Morgan fingerprint density at radius 2 is 1.76 bits per heavy atom. The summed E-state index contributed by atoms with van der Waals surface area (Å²) >= 11 is 2.26. The van der Waals surface area contributed by atoms with Gasteiger partial charge in [0.15, 0.2) is 0 Å². The minimum atomic E-state index is -0.668. The maximum atomic E-state index is 14.9. The van der Waals surface area contributed by atoms with E-state index in [1.165, 1.54) is 18.2 Å². The molecule has 1 saturated heterocycles. The van der Waals surface area contributed by atoms with Gasteiger partial charge in [-0.15, -0.1) is 0 Å². The number of halogens is 3. The molecule has 1 fully saturated rings. The maximum absolute atomic E-state index is 14.9. The highest BCUT2D eigenvalue weighted by atomic mass is 127. The van der Waals surface area contributed by atoms with Crippen molar-refractivity contribution in [2.24, 2.45) is 4.99 Å². The number of hydrogen-bond donors (Lipinski definition) is 2. The Labute approximate surface area is 256 Å². The summed E-state index contributed by atoms with van der Waals surface area (Å²) < 4.78 is 30.6. The van der Waals surface area contributed by atoms with E-state index in [0.717, 1.165) is 15.6 Å². The van der Waals surface area contributed by atoms with E-state index in [1.54, 1.807) is 12.3 Å². The molecule has 1 aromatic heterocycles. The van der Waals surface area contributed by atoms with Crippen LogP contribution in [0.5, 0.6) is 0 Å². The molecule has 0 spiro atoms. The Kier molecular flexibility index (Phi) is 8.00. The van der Waals surface area contributed by atoms with Gasteiger partial charge in [-0.1, -0.05) is 46.9 Å². The number of carbonyl (C=O) groups excluding carboxylic acids is 1. The van der Waals surface area contributed by atoms with Gasteiger partial charge in [0.1, 0.15) is 11.6 Å². The summed E-state index contributed by atoms with van der Waals surface area (Å²) in [4.78, 5) is 29.2. The van der Waals surface area contributed by atoms with Crippen molar-refractivity contribution in [2.75, 3.05) is 18.4 Å². The maximum Gasteiger partial charge on any atom is 0.254 e. The first kappa shape index (κ1) is 28.4. The number of piperazine rings is 1. The molecule has 7 nitrogen and oxygen atoms in total. The fraction of sp³-hybridized carbons (Fsp3) is 0.250. The molecule has 4 aromatic rings. The number of rotatable bonds is 5. The Morgan fingerprint density at radius 1 is 1.02 bits per heavy atom. The van der Waals surface area contributed by atoms with E-state index in [0.29, 0.717) is 47.1 Å². The van der Waals surface area contributed by atoms with Crippen LogP contribution in [0.2, 0.25) is 0 Å². The van der Waals surface area contributed by atoms with Gasteiger partial charge in [0.2, 0.25) is 5.95 Å². The molecule has 1 amide bonds. The summed E-state index contributed by atoms with van der Waals surface area (Å²) in [6, 6.07) is 17.4. The third-order valence-electron chi connectivity index (χ3n) is 7.43. The number of nitrogens with zero attached hydrogens (tertiary/aromatic N) is 4. The summed E-state index contributed by atoms with van der Waals surface area (Å²) in [6.45, 7) is 5.61. The lowest BCUT2D eigenvalue weighted by Gasteiger charge is -2.36. The topological polar surface area (TPSA) is 82.5 Å². The first-order chi connectivity index (χ1) is 20.3. The number of carbonyl (C=O) groups is 1. The smallest absolute Gasteiger partial charge is 0.254 e. The standard InChI is InChI=1S/C32H29F2IN6O/c1-18-16-41(17-19(2)38-18)31(42)21-5-3-6-23(12-21)39-32-37-15-22-14-36-30(28-26(33)7-4-8-27(28)34)25-11-20(13-35)9-10-24(25)29(22)40-32/h3-12,15,18-19,38H,13-14,16-17H2,1-2H3,(H,37,39,40). The molecule has 2 aliphatic rings. The van der Waals surface area contributed by atoms with Crippen molar-refractivity contribution in [2.45, 2.75) is 36.9 Å². The van der Waals surface area contributed by atoms with Gasteiger partial charge < -0.3 is 15.5 Å². The lowest BCUT2D eigenvalue weighted by Crippen LogP contribution is -2.55. The van der Waals surface area contributed by atoms with Crippen molar-refractivity contribution < 1.29 is 13.6 Å². The van der Waals surface area contributed by atoms with Crippen molar-refractivity contribution >= 4 is 45.8 Å². The molecule has 214 valence electrons. The zero-order valence-electron chi connectivity index (χ0n) is 23.2. The number of aromatic nitrogens is 2. The minimum Gasteiger partial charge on any atom is -0.336 e. The van der Waals surface area contributed by atoms with Crippen LogP contribution in [0.4, 0.5) is 20.4 Å². The van der Waals surface area contributed by atoms with Crippen molar-refractivity contribution in [1.82, 2.24) is 20.2 Å². The van der Waals surface area contributed by atoms with Gasteiger partial charge in [0.25, 0.3) is 5.91 Å². The summed E-state index contributed by atoms with van der Waals surface area (Å²) in [5.74, 6) is -1.02. The van der Waals surface area contributed by atoms with Gasteiger partial charge in [-0.3, -0.25) is 9.79 Å². The van der Waals surface area contributed by atoms with Crippen LogP contribution in [0.15, 0.2) is 71.9 Å². The highest BCUT2D eigenvalue weighted by Crippen LogP contribution is 2.34. The van der Waals surface area contributed by atoms with E-state index in [9.17, 15) is 13.6 Å². The predicted octanol–water partition coefficient (Wildman–Crippen LogP) is 6.27. The average molecular weight is 679 g/mol. The van der Waals surface area contributed by atoms with Crippen LogP contribution in [-0.4, -0.2) is 51.7 Å². The van der Waals surface area contributed by atoms with Crippen molar-refractivity contribution in [3.8, 4) is 11.3 Å². The van der Waals surface area contributed by atoms with Gasteiger partial charge in [-0.25, -0.2) is 18.7 Å². The van der Waals surface area contributed by atoms with Crippen LogP contribution in [0.3, 0.4) is 0 Å². The first-order valence-electron chi connectivity index (χ1n) is 13.8. The Balaban J connectivity index is 1.34. The molecule has 10 heteroatoms. The van der Waals surface area contributed by atoms with Gasteiger partial charge in [-0.2, -0.15) is 0 Å². The van der Waals surface area contributed by atoms with Crippen molar-refractivity contribution in [1.29, 1.82) is 0 Å². The molecule has 42 heavy (non-hydrogen) atoms. The van der Waals surface area contributed by atoms with Crippen LogP contribution in [-0.2, 0) is 11.0 Å². The third kappa shape index (κ3) is 5.65. The van der Waals surface area contributed by atoms with Crippen LogP contribution < -0.4 is 10.6 Å². The van der Waals surface area contributed by atoms with E-state index >= 15 is 0 Å². The molecule has 2 atom stereocenters. The molecular formula is C32H29F2IN6O. The van der Waals surface area contributed by atoms with Crippen LogP contribution >= 0.6 is 22.6 Å². The molecule has 0 radical (unpaired) electrons. The van der Waals surface area contributed by atoms with Crippen LogP contribution in [0.1, 0.15) is 46.5 Å². The number of hydrogen-bond acceptors (Lipinski definition) is 6. The molecule has 3 heterocycles. The molecule has 2 N–H and O–H groups in total. The zero-order valence-corrected chi connectivity index (χ0v) is 25.3. The normalized spacial score (nSPS) is 18.0. The van der Waals surface area contributed by atoms with Crippen molar-refractivity contribution in [3.63, 3.8) is 0 Å². The monoisotopic (exact) mass is 678 g/mol. The largest absolute Gasteiger partial charge is 0.336 e. The van der Waals surface area contributed by atoms with Gasteiger partial charge in [0, 0.05) is 63.7 Å². The van der Waals surface area contributed by atoms with Crippen molar-refractivity contribution in [3.05, 3.63) is 106 Å². The first-order valence-corrected chi connectivity index (χ1v) is 15.3. The highest BCUT2D eigenvalue weighted by molar-refractivity contribution is 14.1. The molecule has 0 saturated carbocycles. The minimum absolute atomic E-state index is 0.0215. The third-order valence-corrected chi connectivity index (χ3v) is 8.31. The molecule has 6 rings (SSSR count). The Morgan fingerprint density at radius 3 is 2.50 bits per heavy atom. The molecule has 0 bridgehead atoms. The zero-order chi connectivity index (χ0) is 29.4. The summed E-state index contributed by atoms with van der Waals surface area (Å²) in [6.07, 6.45) is 1.68. The predicted molar refractivity (Wildman–Crippen MR) is 169 cm³/mol. The number of anilines is 2. The number of aliphatic imine (C=N–C) groups is 1. The SMILES string of the molecule is CC1CN(C(=O)c2cccc(Nc3ncc4c(n3)-c3ccc(CI)cc3C(c3c(F)cccc3F)=NC4)c2)CC(C)N1. The van der Waals surface area contributed by atoms with Crippen LogP contribution in [0.25, 0.3) is 11.3 Å². The molecule has 0 aliphatic carbocycles. The fourth-order valence-corrected chi connectivity index (χ4v) is 6.09. The second kappa shape index (κ2) is 11.8. The van der Waals surface area contributed by atoms with Crippen LogP contribution in [0, 0.1) is 11.6 Å². The summed E-state index contributed by atoms with van der Waals surface area (Å²) in [5, 5.41) is 6.69. The quantitative estimate of drug-likeness (QED) is 0.192. The van der Waals surface area contributed by atoms with E-state index < -0.39 is 11.6 Å². The average Bonchev–Trinajstić information content (AvgIpc) is 3.13. The second-order valence-corrected chi connectivity index (χ2v) is 11.5. The highest BCUT2D eigenvalue weighted by Gasteiger charge is 2.27. The van der Waals surface area contributed by atoms with E-state index in [-0.39, 0.29) is 35.8 Å². The lowest BCUT2D eigenvalue weighted by atomic mass is 9.93. The summed E-state index contributed by atoms with van der Waals surface area (Å²) in [7, 11) is 0. The molecule has 3 aromatic carbocycles. The Hall–Kier alpha value is -3.77. The number of fused-ring (bicyclic) bond motifs is 3. The number of alkyl halides is 1. The Bertz CT molecular complexity index is 1680. The number of amides is 1. The number of nitrogens with one attached hydrogen (secondary N) is 2. The number of benzene rings is 3. The lowest BCUT2D eigenvalue weighted by molar-refractivity contribution is 0.0674. The summed E-state index contributed by atoms with van der Waals surface area (Å²) in [5.41, 5.74) is 5.06. The molecular weight excluding hydrogens is 649 g/mol. The second-order valence-electron chi connectivity index (χ2n) is 10.7. The van der Waals surface area contributed by atoms with Gasteiger partial charge in [0.05, 0.1) is 23.5 Å².